The topological polar surface area (TPSA) is 96.7 Å². The van der Waals surface area contributed by atoms with Gasteiger partial charge in [-0.25, -0.2) is 4.68 Å². The van der Waals surface area contributed by atoms with E-state index in [4.69, 9.17) is 36.9 Å². The van der Waals surface area contributed by atoms with Gasteiger partial charge in [-0.3, -0.25) is 8.98 Å². The van der Waals surface area contributed by atoms with Gasteiger partial charge in [0.2, 0.25) is 0 Å². The molecule has 0 radical (unpaired) electrons. The van der Waals surface area contributed by atoms with Crippen LogP contribution in [0.15, 0.2) is 58.4 Å². The van der Waals surface area contributed by atoms with Crippen molar-refractivity contribution in [3.63, 3.8) is 0 Å². The quantitative estimate of drug-likeness (QED) is 0.245. The van der Waals surface area contributed by atoms with Crippen LogP contribution in [0.3, 0.4) is 0 Å². The molecule has 0 atom stereocenters. The zero-order chi connectivity index (χ0) is 26.5. The molecular formula is C25H28Cl2N2O6S. The van der Waals surface area contributed by atoms with Crippen molar-refractivity contribution in [2.24, 2.45) is 0 Å². The van der Waals surface area contributed by atoms with E-state index in [1.54, 1.807) is 30.3 Å². The summed E-state index contributed by atoms with van der Waals surface area (Å²) in [5.74, 6) is 0.619. The Labute approximate surface area is 220 Å². The Kier molecular flexibility index (Phi) is 9.05. The van der Waals surface area contributed by atoms with Crippen LogP contribution in [0.25, 0.3) is 0 Å². The van der Waals surface area contributed by atoms with Crippen molar-refractivity contribution < 1.29 is 22.1 Å². The minimum absolute atomic E-state index is 0.0253. The van der Waals surface area contributed by atoms with Gasteiger partial charge in [-0.15, -0.1) is 0 Å². The van der Waals surface area contributed by atoms with E-state index in [1.807, 2.05) is 27.7 Å². The smallest absolute Gasteiger partial charge is 0.296 e. The van der Waals surface area contributed by atoms with Crippen molar-refractivity contribution >= 4 is 33.3 Å². The molecule has 11 heteroatoms. The lowest BCUT2D eigenvalue weighted by atomic mass is 10.1. The molecule has 1 heterocycles. The molecule has 0 fully saturated rings. The van der Waals surface area contributed by atoms with E-state index < -0.39 is 21.2 Å². The van der Waals surface area contributed by atoms with Crippen LogP contribution in [0.1, 0.15) is 38.3 Å². The lowest BCUT2D eigenvalue weighted by molar-refractivity contribution is 0.250. The molecule has 0 saturated heterocycles. The summed E-state index contributed by atoms with van der Waals surface area (Å²) >= 11 is 12.5. The molecule has 2 aromatic carbocycles. The third-order valence-electron chi connectivity index (χ3n) is 5.01. The lowest BCUT2D eigenvalue weighted by Crippen LogP contribution is -2.36. The minimum atomic E-state index is -3.81. The molecular weight excluding hydrogens is 527 g/mol. The van der Waals surface area contributed by atoms with E-state index in [0.29, 0.717) is 17.2 Å². The molecule has 0 amide bonds. The van der Waals surface area contributed by atoms with Crippen molar-refractivity contribution in [3.8, 4) is 11.5 Å². The third-order valence-corrected chi connectivity index (χ3v) is 6.98. The Morgan fingerprint density at radius 2 is 1.67 bits per heavy atom. The Hall–Kier alpha value is -2.59. The van der Waals surface area contributed by atoms with E-state index >= 15 is 0 Å². The van der Waals surface area contributed by atoms with E-state index in [1.165, 1.54) is 23.0 Å². The van der Waals surface area contributed by atoms with Crippen molar-refractivity contribution in [1.82, 2.24) is 9.78 Å². The van der Waals surface area contributed by atoms with Gasteiger partial charge in [0.25, 0.3) is 15.7 Å². The van der Waals surface area contributed by atoms with Crippen molar-refractivity contribution in [2.45, 2.75) is 51.2 Å². The molecule has 0 aliphatic carbocycles. The first-order valence-corrected chi connectivity index (χ1v) is 13.3. The normalized spacial score (nSPS) is 11.9. The number of aryl methyl sites for hydroxylation is 1. The highest BCUT2D eigenvalue weighted by Crippen LogP contribution is 2.27. The second-order valence-electron chi connectivity index (χ2n) is 9.06. The zero-order valence-corrected chi connectivity index (χ0v) is 22.8. The van der Waals surface area contributed by atoms with Gasteiger partial charge in [0.05, 0.1) is 34.9 Å². The maximum atomic E-state index is 12.4. The minimum Gasteiger partial charge on any atom is -0.492 e. The lowest BCUT2D eigenvalue weighted by Gasteiger charge is -2.21. The molecule has 1 aromatic heterocycles. The second-order valence-corrected chi connectivity index (χ2v) is 11.5. The first kappa shape index (κ1) is 28.0. The van der Waals surface area contributed by atoms with Gasteiger partial charge in [-0.1, -0.05) is 47.0 Å². The van der Waals surface area contributed by atoms with Crippen molar-refractivity contribution in [2.75, 3.05) is 13.2 Å². The molecule has 36 heavy (non-hydrogen) atoms. The van der Waals surface area contributed by atoms with Gasteiger partial charge < -0.3 is 9.47 Å². The molecule has 0 N–H and O–H groups in total. The van der Waals surface area contributed by atoms with Crippen LogP contribution in [0.5, 0.6) is 11.5 Å². The van der Waals surface area contributed by atoms with Gasteiger partial charge >= 0.3 is 0 Å². The van der Waals surface area contributed by atoms with Crippen LogP contribution >= 0.6 is 23.2 Å². The van der Waals surface area contributed by atoms with E-state index in [9.17, 15) is 13.2 Å². The Morgan fingerprint density at radius 3 is 2.31 bits per heavy atom. The Bertz CT molecular complexity index is 1370. The number of hydrogen-bond acceptors (Lipinski definition) is 7. The summed E-state index contributed by atoms with van der Waals surface area (Å²) in [6.07, 6.45) is 1.76. The van der Waals surface area contributed by atoms with Crippen LogP contribution in [-0.4, -0.2) is 31.4 Å². The highest BCUT2D eigenvalue weighted by molar-refractivity contribution is 7.86. The maximum Gasteiger partial charge on any atom is 0.296 e. The molecule has 194 valence electrons. The molecule has 0 aliphatic rings. The number of benzene rings is 2. The Balaban J connectivity index is 1.50. The summed E-state index contributed by atoms with van der Waals surface area (Å²) < 4.78 is 42.1. The molecule has 3 rings (SSSR count). The number of halogens is 2. The summed E-state index contributed by atoms with van der Waals surface area (Å²) in [4.78, 5) is 12.6. The molecule has 3 aromatic rings. The van der Waals surface area contributed by atoms with Crippen LogP contribution in [0.2, 0.25) is 10.0 Å². The van der Waals surface area contributed by atoms with Crippen LogP contribution in [0.4, 0.5) is 0 Å². The predicted octanol–water partition coefficient (Wildman–Crippen LogP) is 5.37. The van der Waals surface area contributed by atoms with Crippen LogP contribution in [0, 0.1) is 6.92 Å². The zero-order valence-electron chi connectivity index (χ0n) is 20.5. The summed E-state index contributed by atoms with van der Waals surface area (Å²) in [6, 6.07) is 11.6. The average molecular weight is 555 g/mol. The highest BCUT2D eigenvalue weighted by atomic mass is 35.5. The predicted molar refractivity (Wildman–Crippen MR) is 139 cm³/mol. The molecule has 0 bridgehead atoms. The fourth-order valence-corrected chi connectivity index (χ4v) is 4.47. The van der Waals surface area contributed by atoms with E-state index in [-0.39, 0.29) is 35.5 Å². The van der Waals surface area contributed by atoms with Gasteiger partial charge in [-0.05, 0) is 57.5 Å². The standard InChI is InChI=1S/C25H28Cl2N2O6S/c1-17-6-9-19(10-7-17)36(31,32)35-13-5-12-33-21-11-8-18(14-20(21)26)16-34-22-15-28-29(25(2,3)4)24(30)23(22)27/h6-11,14-15H,5,12-13,16H2,1-4H3. The summed E-state index contributed by atoms with van der Waals surface area (Å²) in [6.45, 7) is 7.73. The largest absolute Gasteiger partial charge is 0.492 e. The molecule has 0 aliphatic heterocycles. The summed E-state index contributed by atoms with van der Waals surface area (Å²) in [5, 5.41) is 4.45. The number of nitrogens with zero attached hydrogens (tertiary/aromatic N) is 2. The SMILES string of the molecule is Cc1ccc(S(=O)(=O)OCCCOc2ccc(COc3cnn(C(C)(C)C)c(=O)c3Cl)cc2Cl)cc1. The maximum absolute atomic E-state index is 12.4. The Morgan fingerprint density at radius 1 is 0.972 bits per heavy atom. The number of aromatic nitrogens is 2. The molecule has 0 spiro atoms. The number of hydrogen-bond donors (Lipinski definition) is 0. The van der Waals surface area contributed by atoms with E-state index in [2.05, 4.69) is 5.10 Å². The van der Waals surface area contributed by atoms with E-state index in [0.717, 1.165) is 11.1 Å². The van der Waals surface area contributed by atoms with Gasteiger partial charge in [-0.2, -0.15) is 13.5 Å². The average Bonchev–Trinajstić information content (AvgIpc) is 2.80. The molecule has 0 saturated carbocycles. The van der Waals surface area contributed by atoms with Crippen LogP contribution < -0.4 is 15.0 Å². The van der Waals surface area contributed by atoms with Gasteiger partial charge in [0, 0.05) is 6.42 Å². The fourth-order valence-electron chi connectivity index (χ4n) is 3.09. The summed E-state index contributed by atoms with van der Waals surface area (Å²) in [5.41, 5.74) is 0.752. The van der Waals surface area contributed by atoms with Crippen LogP contribution in [-0.2, 0) is 26.4 Å². The number of ether oxygens (including phenoxy) is 2. The molecule has 0 unspecified atom stereocenters. The van der Waals surface area contributed by atoms with Gasteiger partial charge in [0.1, 0.15) is 12.4 Å². The first-order valence-electron chi connectivity index (χ1n) is 11.2. The first-order chi connectivity index (χ1) is 16.9. The third kappa shape index (κ3) is 7.22. The highest BCUT2D eigenvalue weighted by Gasteiger charge is 2.20. The summed E-state index contributed by atoms with van der Waals surface area (Å²) in [7, 11) is -3.81. The second kappa shape index (κ2) is 11.6. The van der Waals surface area contributed by atoms with Gasteiger partial charge in [0.15, 0.2) is 10.8 Å². The molecule has 8 nitrogen and oxygen atoms in total. The fraction of sp³-hybridized carbons (Fsp3) is 0.360. The van der Waals surface area contributed by atoms with Crippen molar-refractivity contribution in [3.05, 3.63) is 80.2 Å². The number of rotatable bonds is 10. The monoisotopic (exact) mass is 554 g/mol. The van der Waals surface area contributed by atoms with Crippen molar-refractivity contribution in [1.29, 1.82) is 0 Å².